The number of halogens is 1. The zero-order chi connectivity index (χ0) is 15.2. The summed E-state index contributed by atoms with van der Waals surface area (Å²) in [5.74, 6) is 1.30. The van der Waals surface area contributed by atoms with Gasteiger partial charge in [0.05, 0.1) is 13.4 Å². The molecule has 6 nitrogen and oxygen atoms in total. The van der Waals surface area contributed by atoms with E-state index in [0.717, 1.165) is 17.9 Å². The Morgan fingerprint density at radius 1 is 1.48 bits per heavy atom. The summed E-state index contributed by atoms with van der Waals surface area (Å²) in [5, 5.41) is 0. The minimum atomic E-state index is -0.222. The van der Waals surface area contributed by atoms with Gasteiger partial charge in [0.25, 0.3) is 5.56 Å². The van der Waals surface area contributed by atoms with Crippen molar-refractivity contribution in [3.05, 3.63) is 45.4 Å². The molecule has 21 heavy (non-hydrogen) atoms. The van der Waals surface area contributed by atoms with Crippen LogP contribution in [0, 0.1) is 0 Å². The normalized spacial score (nSPS) is 10.4. The highest BCUT2D eigenvalue weighted by Crippen LogP contribution is 2.30. The van der Waals surface area contributed by atoms with Gasteiger partial charge in [-0.3, -0.25) is 4.79 Å². The number of rotatable bonds is 6. The molecule has 112 valence electrons. The Hall–Kier alpha value is -1.86. The van der Waals surface area contributed by atoms with Gasteiger partial charge in [-0.2, -0.15) is 0 Å². The van der Waals surface area contributed by atoms with E-state index in [1.54, 1.807) is 7.11 Å². The van der Waals surface area contributed by atoms with E-state index < -0.39 is 0 Å². The summed E-state index contributed by atoms with van der Waals surface area (Å²) in [6.07, 6.45) is 2.16. The molecule has 7 heteroatoms. The molecule has 2 rings (SSSR count). The second-order valence-corrected chi connectivity index (χ2v) is 5.16. The van der Waals surface area contributed by atoms with E-state index in [4.69, 9.17) is 10.5 Å². The first-order valence-corrected chi connectivity index (χ1v) is 7.31. The van der Waals surface area contributed by atoms with Crippen molar-refractivity contribution in [2.75, 3.05) is 25.1 Å². The molecule has 0 saturated carbocycles. The molecule has 1 aromatic carbocycles. The van der Waals surface area contributed by atoms with Gasteiger partial charge in [0, 0.05) is 18.3 Å². The zero-order valence-electron chi connectivity index (χ0n) is 11.7. The van der Waals surface area contributed by atoms with Gasteiger partial charge in [0.2, 0.25) is 0 Å². The molecule has 0 aliphatic carbocycles. The standard InChI is InChI=1S/C14H17BrN4O2/c1-21-11-5-2-4-10(8-11)19(7-3-6-16)13-12(15)14(20)18-9-17-13/h2,4-5,8-9H,3,6-7,16H2,1H3,(H,17,18,20). The van der Waals surface area contributed by atoms with E-state index in [0.29, 0.717) is 23.4 Å². The largest absolute Gasteiger partial charge is 0.497 e. The SMILES string of the molecule is COc1cccc(N(CCCN)c2nc[nH]c(=O)c2Br)c1. The van der Waals surface area contributed by atoms with E-state index >= 15 is 0 Å². The monoisotopic (exact) mass is 352 g/mol. The summed E-state index contributed by atoms with van der Waals surface area (Å²) in [4.78, 5) is 20.5. The van der Waals surface area contributed by atoms with Crippen LogP contribution in [0.4, 0.5) is 11.5 Å². The Morgan fingerprint density at radius 2 is 2.29 bits per heavy atom. The van der Waals surface area contributed by atoms with Crippen molar-refractivity contribution in [2.24, 2.45) is 5.73 Å². The Bertz CT molecular complexity index is 659. The van der Waals surface area contributed by atoms with Crippen LogP contribution >= 0.6 is 15.9 Å². The number of nitrogens with zero attached hydrogens (tertiary/aromatic N) is 2. The van der Waals surface area contributed by atoms with Crippen molar-refractivity contribution in [2.45, 2.75) is 6.42 Å². The number of benzene rings is 1. The molecule has 0 bridgehead atoms. The van der Waals surface area contributed by atoms with Crippen LogP contribution in [0.5, 0.6) is 5.75 Å². The van der Waals surface area contributed by atoms with Gasteiger partial charge in [0.15, 0.2) is 5.82 Å². The summed E-state index contributed by atoms with van der Waals surface area (Å²) in [5.41, 5.74) is 6.27. The smallest absolute Gasteiger partial charge is 0.267 e. The fourth-order valence-electron chi connectivity index (χ4n) is 1.95. The lowest BCUT2D eigenvalue weighted by molar-refractivity contribution is 0.415. The Balaban J connectivity index is 2.46. The van der Waals surface area contributed by atoms with Crippen molar-refractivity contribution in [1.29, 1.82) is 0 Å². The van der Waals surface area contributed by atoms with Crippen molar-refractivity contribution >= 4 is 27.4 Å². The highest BCUT2D eigenvalue weighted by Gasteiger charge is 2.16. The molecule has 2 aromatic rings. The first kappa shape index (κ1) is 15.5. The van der Waals surface area contributed by atoms with Gasteiger partial charge in [0.1, 0.15) is 10.2 Å². The number of nitrogens with one attached hydrogen (secondary N) is 1. The quantitative estimate of drug-likeness (QED) is 0.830. The van der Waals surface area contributed by atoms with Crippen LogP contribution in [0.1, 0.15) is 6.42 Å². The minimum Gasteiger partial charge on any atom is -0.497 e. The highest BCUT2D eigenvalue weighted by atomic mass is 79.9. The third-order valence-corrected chi connectivity index (χ3v) is 3.70. The number of anilines is 2. The summed E-state index contributed by atoms with van der Waals surface area (Å²) in [7, 11) is 1.62. The molecule has 0 saturated heterocycles. The van der Waals surface area contributed by atoms with Crippen LogP contribution in [0.25, 0.3) is 0 Å². The zero-order valence-corrected chi connectivity index (χ0v) is 13.3. The molecule has 0 unspecified atom stereocenters. The number of methoxy groups -OCH3 is 1. The average molecular weight is 353 g/mol. The summed E-state index contributed by atoms with van der Waals surface area (Å²) < 4.78 is 5.64. The van der Waals surface area contributed by atoms with Crippen molar-refractivity contribution in [3.63, 3.8) is 0 Å². The van der Waals surface area contributed by atoms with Crippen LogP contribution < -0.4 is 20.9 Å². The van der Waals surface area contributed by atoms with Gasteiger partial charge >= 0.3 is 0 Å². The van der Waals surface area contributed by atoms with Gasteiger partial charge < -0.3 is 20.4 Å². The van der Waals surface area contributed by atoms with Gasteiger partial charge in [-0.15, -0.1) is 0 Å². The molecule has 1 aromatic heterocycles. The van der Waals surface area contributed by atoms with Crippen molar-refractivity contribution in [3.8, 4) is 5.75 Å². The number of nitrogens with two attached hydrogens (primary N) is 1. The lowest BCUT2D eigenvalue weighted by atomic mass is 10.2. The fraction of sp³-hybridized carbons (Fsp3) is 0.286. The van der Waals surface area contributed by atoms with Crippen LogP contribution in [0.15, 0.2) is 39.9 Å². The van der Waals surface area contributed by atoms with E-state index in [-0.39, 0.29) is 5.56 Å². The minimum absolute atomic E-state index is 0.222. The summed E-state index contributed by atoms with van der Waals surface area (Å²) in [6.45, 7) is 1.21. The number of ether oxygens (including phenoxy) is 1. The van der Waals surface area contributed by atoms with Gasteiger partial charge in [-0.25, -0.2) is 4.98 Å². The molecule has 0 spiro atoms. The lowest BCUT2D eigenvalue weighted by Gasteiger charge is -2.24. The average Bonchev–Trinajstić information content (AvgIpc) is 2.52. The number of aromatic amines is 1. The first-order valence-electron chi connectivity index (χ1n) is 6.52. The molecule has 0 atom stereocenters. The summed E-state index contributed by atoms with van der Waals surface area (Å²) in [6, 6.07) is 7.59. The van der Waals surface area contributed by atoms with Crippen LogP contribution in [0.3, 0.4) is 0 Å². The third kappa shape index (κ3) is 3.62. The van der Waals surface area contributed by atoms with E-state index in [9.17, 15) is 4.79 Å². The molecule has 0 aliphatic rings. The predicted molar refractivity (Wildman–Crippen MR) is 86.2 cm³/mol. The highest BCUT2D eigenvalue weighted by molar-refractivity contribution is 9.10. The lowest BCUT2D eigenvalue weighted by Crippen LogP contribution is -2.24. The Kier molecular flexibility index (Phi) is 5.35. The fourth-order valence-corrected chi connectivity index (χ4v) is 2.38. The van der Waals surface area contributed by atoms with E-state index in [1.807, 2.05) is 29.2 Å². The van der Waals surface area contributed by atoms with Gasteiger partial charge in [-0.05, 0) is 41.0 Å². The summed E-state index contributed by atoms with van der Waals surface area (Å²) >= 11 is 3.30. The second-order valence-electron chi connectivity index (χ2n) is 4.36. The van der Waals surface area contributed by atoms with Crippen LogP contribution in [-0.4, -0.2) is 30.2 Å². The maximum Gasteiger partial charge on any atom is 0.267 e. The molecule has 0 amide bonds. The number of hydrogen-bond acceptors (Lipinski definition) is 5. The van der Waals surface area contributed by atoms with Crippen molar-refractivity contribution < 1.29 is 4.74 Å². The Labute approximate surface area is 131 Å². The molecule has 0 radical (unpaired) electrons. The Morgan fingerprint density at radius 3 is 3.00 bits per heavy atom. The molecule has 1 heterocycles. The maximum absolute atomic E-state index is 11.8. The molecule has 0 aliphatic heterocycles. The predicted octanol–water partition coefficient (Wildman–Crippen LogP) is 2.03. The number of aromatic nitrogens is 2. The van der Waals surface area contributed by atoms with Crippen LogP contribution in [-0.2, 0) is 0 Å². The second kappa shape index (κ2) is 7.24. The molecular weight excluding hydrogens is 336 g/mol. The number of H-pyrrole nitrogens is 1. The molecule has 0 fully saturated rings. The van der Waals surface area contributed by atoms with Crippen molar-refractivity contribution in [1.82, 2.24) is 9.97 Å². The topological polar surface area (TPSA) is 84.2 Å². The van der Waals surface area contributed by atoms with E-state index in [2.05, 4.69) is 25.9 Å². The third-order valence-electron chi connectivity index (χ3n) is 2.98. The molecule has 3 N–H and O–H groups in total. The first-order chi connectivity index (χ1) is 10.2. The maximum atomic E-state index is 11.8. The molecular formula is C14H17BrN4O2. The van der Waals surface area contributed by atoms with E-state index in [1.165, 1.54) is 6.33 Å². The van der Waals surface area contributed by atoms with Gasteiger partial charge in [-0.1, -0.05) is 6.07 Å². The van der Waals surface area contributed by atoms with Crippen LogP contribution in [0.2, 0.25) is 0 Å². The number of hydrogen-bond donors (Lipinski definition) is 2.